The second-order valence-corrected chi connectivity index (χ2v) is 10.3. The average molecular weight is 513 g/mol. The van der Waals surface area contributed by atoms with Crippen molar-refractivity contribution < 1.29 is 13.2 Å². The molecule has 0 saturated heterocycles. The van der Waals surface area contributed by atoms with Gasteiger partial charge < -0.3 is 11.1 Å². The molecule has 0 radical (unpaired) electrons. The van der Waals surface area contributed by atoms with Gasteiger partial charge in [-0.05, 0) is 61.3 Å². The molecule has 0 spiro atoms. The maximum Gasteiger partial charge on any atom is 0.256 e. The van der Waals surface area contributed by atoms with Gasteiger partial charge in [0.15, 0.2) is 5.82 Å². The van der Waals surface area contributed by atoms with Crippen LogP contribution in [-0.4, -0.2) is 36.1 Å². The second kappa shape index (κ2) is 9.49. The number of nitrogens with zero attached hydrogens (tertiary/aromatic N) is 3. The van der Waals surface area contributed by atoms with Crippen LogP contribution in [0.5, 0.6) is 0 Å². The smallest absolute Gasteiger partial charge is 0.256 e. The van der Waals surface area contributed by atoms with Crippen LogP contribution >= 0.6 is 0 Å². The van der Waals surface area contributed by atoms with E-state index in [9.17, 15) is 13.2 Å². The zero-order valence-electron chi connectivity index (χ0n) is 20.1. The first-order valence-corrected chi connectivity index (χ1v) is 12.9. The number of carbonyl (C=O) groups is 1. The van der Waals surface area contributed by atoms with Crippen molar-refractivity contribution in [2.24, 2.45) is 0 Å². The Morgan fingerprint density at radius 2 is 1.73 bits per heavy atom. The number of amides is 1. The Kier molecular flexibility index (Phi) is 6.20. The predicted molar refractivity (Wildman–Crippen MR) is 144 cm³/mol. The standard InChI is InChI=1S/C27H24N6O3S/c1-17-15-25(32-33(17)21-12-11-19-13-14-30-26(28)23(19)16-21)31-27(34)20-9-7-18(8-10-20)22-5-3-4-6-24(22)37(35,36)29-2/h3-16,29H,1-2H3,(H2,28,30)(H,31,32,34). The summed E-state index contributed by atoms with van der Waals surface area (Å²) in [5.74, 6) is 0.503. The minimum Gasteiger partial charge on any atom is -0.383 e. The van der Waals surface area contributed by atoms with Crippen molar-refractivity contribution in [3.63, 3.8) is 0 Å². The van der Waals surface area contributed by atoms with E-state index in [1.807, 2.05) is 31.2 Å². The molecule has 3 aromatic carbocycles. The van der Waals surface area contributed by atoms with Gasteiger partial charge in [-0.25, -0.2) is 22.8 Å². The third kappa shape index (κ3) is 4.67. The second-order valence-electron chi connectivity index (χ2n) is 8.42. The summed E-state index contributed by atoms with van der Waals surface area (Å²) in [6.07, 6.45) is 1.67. The summed E-state index contributed by atoms with van der Waals surface area (Å²) in [5.41, 5.74) is 9.29. The Balaban J connectivity index is 1.38. The van der Waals surface area contributed by atoms with Crippen LogP contribution in [0, 0.1) is 6.92 Å². The summed E-state index contributed by atoms with van der Waals surface area (Å²) < 4.78 is 28.9. The quantitative estimate of drug-likeness (QED) is 0.313. The summed E-state index contributed by atoms with van der Waals surface area (Å²) in [7, 11) is -2.26. The number of anilines is 2. The number of nitrogens with two attached hydrogens (primary N) is 1. The molecule has 0 aliphatic rings. The molecule has 0 aliphatic heterocycles. The zero-order valence-corrected chi connectivity index (χ0v) is 21.0. The highest BCUT2D eigenvalue weighted by atomic mass is 32.2. The van der Waals surface area contributed by atoms with Crippen LogP contribution in [0.4, 0.5) is 11.6 Å². The van der Waals surface area contributed by atoms with Crippen molar-refractivity contribution >= 4 is 38.3 Å². The molecule has 0 aliphatic carbocycles. The molecule has 0 saturated carbocycles. The average Bonchev–Trinajstić information content (AvgIpc) is 3.28. The molecule has 5 aromatic rings. The Morgan fingerprint density at radius 1 is 0.973 bits per heavy atom. The van der Waals surface area contributed by atoms with Crippen LogP contribution in [0.2, 0.25) is 0 Å². The number of carbonyl (C=O) groups excluding carboxylic acids is 1. The number of hydrogen-bond donors (Lipinski definition) is 3. The van der Waals surface area contributed by atoms with Crippen molar-refractivity contribution in [2.45, 2.75) is 11.8 Å². The third-order valence-corrected chi connectivity index (χ3v) is 7.53. The molecule has 186 valence electrons. The summed E-state index contributed by atoms with van der Waals surface area (Å²) in [4.78, 5) is 17.2. The minimum atomic E-state index is -3.63. The van der Waals surface area contributed by atoms with E-state index >= 15 is 0 Å². The molecule has 0 atom stereocenters. The van der Waals surface area contributed by atoms with E-state index in [0.717, 1.165) is 22.2 Å². The highest BCUT2D eigenvalue weighted by molar-refractivity contribution is 7.89. The molecule has 9 nitrogen and oxygen atoms in total. The van der Waals surface area contributed by atoms with Gasteiger partial charge in [0, 0.05) is 34.5 Å². The lowest BCUT2D eigenvalue weighted by atomic mass is 10.0. The van der Waals surface area contributed by atoms with Crippen molar-refractivity contribution in [1.82, 2.24) is 19.5 Å². The number of aromatic nitrogens is 3. The maximum absolute atomic E-state index is 12.9. The van der Waals surface area contributed by atoms with Gasteiger partial charge >= 0.3 is 0 Å². The van der Waals surface area contributed by atoms with E-state index in [1.54, 1.807) is 65.5 Å². The predicted octanol–water partition coefficient (Wildman–Crippen LogP) is 4.14. The van der Waals surface area contributed by atoms with E-state index in [1.165, 1.54) is 7.05 Å². The Bertz CT molecular complexity index is 1740. The summed E-state index contributed by atoms with van der Waals surface area (Å²) in [5, 5.41) is 9.17. The van der Waals surface area contributed by atoms with Gasteiger partial charge in [-0.3, -0.25) is 4.79 Å². The third-order valence-electron chi connectivity index (χ3n) is 6.06. The number of pyridine rings is 1. The number of rotatable bonds is 6. The van der Waals surface area contributed by atoms with Crippen LogP contribution in [0.25, 0.3) is 27.6 Å². The highest BCUT2D eigenvalue weighted by Gasteiger charge is 2.18. The molecule has 1 amide bonds. The fourth-order valence-electron chi connectivity index (χ4n) is 4.15. The number of sulfonamides is 1. The number of hydrogen-bond acceptors (Lipinski definition) is 6. The topological polar surface area (TPSA) is 132 Å². The van der Waals surface area contributed by atoms with Gasteiger partial charge in [0.1, 0.15) is 5.82 Å². The zero-order chi connectivity index (χ0) is 26.2. The molecule has 37 heavy (non-hydrogen) atoms. The molecule has 2 heterocycles. The van der Waals surface area contributed by atoms with E-state index in [4.69, 9.17) is 5.73 Å². The van der Waals surface area contributed by atoms with E-state index in [0.29, 0.717) is 28.3 Å². The minimum absolute atomic E-state index is 0.168. The SMILES string of the molecule is CNS(=O)(=O)c1ccccc1-c1ccc(C(=O)Nc2cc(C)n(-c3ccc4ccnc(N)c4c3)n2)cc1. The molecular formula is C27H24N6O3S. The molecular weight excluding hydrogens is 488 g/mol. The Morgan fingerprint density at radius 3 is 2.49 bits per heavy atom. The Hall–Kier alpha value is -4.54. The molecule has 0 fully saturated rings. The maximum atomic E-state index is 12.9. The van der Waals surface area contributed by atoms with Crippen molar-refractivity contribution in [3.05, 3.63) is 96.3 Å². The van der Waals surface area contributed by atoms with Gasteiger partial charge in [-0.15, -0.1) is 5.10 Å². The molecule has 0 unspecified atom stereocenters. The van der Waals surface area contributed by atoms with E-state index in [2.05, 4.69) is 20.1 Å². The highest BCUT2D eigenvalue weighted by Crippen LogP contribution is 2.28. The fourth-order valence-corrected chi connectivity index (χ4v) is 5.10. The number of benzene rings is 3. The van der Waals surface area contributed by atoms with Crippen molar-refractivity contribution in [1.29, 1.82) is 0 Å². The first-order chi connectivity index (χ1) is 17.8. The largest absolute Gasteiger partial charge is 0.383 e. The van der Waals surface area contributed by atoms with Gasteiger partial charge in [-0.2, -0.15) is 0 Å². The lowest BCUT2D eigenvalue weighted by Crippen LogP contribution is -2.19. The Labute approximate surface area is 214 Å². The lowest BCUT2D eigenvalue weighted by molar-refractivity contribution is 0.102. The van der Waals surface area contributed by atoms with Crippen LogP contribution in [0.3, 0.4) is 0 Å². The number of aryl methyl sites for hydroxylation is 1. The monoisotopic (exact) mass is 512 g/mol. The molecule has 0 bridgehead atoms. The fraction of sp³-hybridized carbons (Fsp3) is 0.0741. The van der Waals surface area contributed by atoms with Crippen LogP contribution in [0.1, 0.15) is 16.1 Å². The first kappa shape index (κ1) is 24.2. The van der Waals surface area contributed by atoms with Gasteiger partial charge in [0.25, 0.3) is 5.91 Å². The van der Waals surface area contributed by atoms with Crippen LogP contribution in [-0.2, 0) is 10.0 Å². The van der Waals surface area contributed by atoms with E-state index < -0.39 is 10.0 Å². The summed E-state index contributed by atoms with van der Waals surface area (Å²) in [6, 6.07) is 22.9. The molecule has 5 rings (SSSR count). The molecule has 2 aromatic heterocycles. The van der Waals surface area contributed by atoms with Gasteiger partial charge in [0.05, 0.1) is 10.6 Å². The van der Waals surface area contributed by atoms with Gasteiger partial charge in [0.2, 0.25) is 10.0 Å². The lowest BCUT2D eigenvalue weighted by Gasteiger charge is -2.10. The van der Waals surface area contributed by atoms with Gasteiger partial charge in [-0.1, -0.05) is 36.4 Å². The van der Waals surface area contributed by atoms with Crippen LogP contribution in [0.15, 0.2) is 90.0 Å². The van der Waals surface area contributed by atoms with E-state index in [-0.39, 0.29) is 10.8 Å². The number of nitrogen functional groups attached to an aromatic ring is 1. The van der Waals surface area contributed by atoms with Crippen molar-refractivity contribution in [3.8, 4) is 16.8 Å². The number of nitrogens with one attached hydrogen (secondary N) is 2. The summed E-state index contributed by atoms with van der Waals surface area (Å²) >= 11 is 0. The summed E-state index contributed by atoms with van der Waals surface area (Å²) in [6.45, 7) is 1.89. The normalized spacial score (nSPS) is 11.5. The van der Waals surface area contributed by atoms with Crippen molar-refractivity contribution in [2.75, 3.05) is 18.1 Å². The molecule has 10 heteroatoms. The first-order valence-electron chi connectivity index (χ1n) is 11.4. The van der Waals surface area contributed by atoms with Crippen LogP contribution < -0.4 is 15.8 Å². The number of fused-ring (bicyclic) bond motifs is 1. The molecule has 4 N–H and O–H groups in total.